The van der Waals surface area contributed by atoms with Crippen LogP contribution in [0, 0.1) is 5.92 Å². The summed E-state index contributed by atoms with van der Waals surface area (Å²) in [7, 11) is 0. The molecule has 1 rings (SSSR count). The summed E-state index contributed by atoms with van der Waals surface area (Å²) >= 11 is 3.25. The molecule has 0 spiro atoms. The Kier molecular flexibility index (Phi) is 3.46. The molecule has 1 aromatic rings. The molecule has 0 aliphatic carbocycles. The second-order valence-electron chi connectivity index (χ2n) is 3.14. The number of halogens is 1. The summed E-state index contributed by atoms with van der Waals surface area (Å²) < 4.78 is 2.26. The van der Waals surface area contributed by atoms with Gasteiger partial charge >= 0.3 is 0 Å². The minimum absolute atomic E-state index is 0.138. The Labute approximate surface area is 89.9 Å². The summed E-state index contributed by atoms with van der Waals surface area (Å²) in [5, 5.41) is 0. The van der Waals surface area contributed by atoms with E-state index in [2.05, 4.69) is 15.9 Å². The minimum Gasteiger partial charge on any atom is -0.369 e. The molecule has 1 aromatic heterocycles. The van der Waals surface area contributed by atoms with Gasteiger partial charge in [0.25, 0.3) is 5.56 Å². The number of nitrogens with zero attached hydrogens (tertiary/aromatic N) is 1. The molecule has 0 saturated carbocycles. The van der Waals surface area contributed by atoms with E-state index in [9.17, 15) is 9.59 Å². The fourth-order valence-corrected chi connectivity index (χ4v) is 1.41. The van der Waals surface area contributed by atoms with E-state index in [4.69, 9.17) is 5.73 Å². The van der Waals surface area contributed by atoms with Gasteiger partial charge in [0, 0.05) is 23.3 Å². The highest BCUT2D eigenvalue weighted by Gasteiger charge is 2.09. The van der Waals surface area contributed by atoms with Gasteiger partial charge in [-0.1, -0.05) is 6.92 Å². The molecule has 76 valence electrons. The number of carbonyl (C=O) groups is 1. The van der Waals surface area contributed by atoms with Crippen LogP contribution in [0.4, 0.5) is 0 Å². The quantitative estimate of drug-likeness (QED) is 0.869. The molecule has 1 atom stereocenters. The lowest BCUT2D eigenvalue weighted by Crippen LogP contribution is -2.29. The van der Waals surface area contributed by atoms with Crippen LogP contribution in [-0.4, -0.2) is 10.5 Å². The van der Waals surface area contributed by atoms with E-state index in [1.165, 1.54) is 10.6 Å². The van der Waals surface area contributed by atoms with E-state index < -0.39 is 5.91 Å². The van der Waals surface area contributed by atoms with Crippen LogP contribution in [0.3, 0.4) is 0 Å². The fraction of sp³-hybridized carbons (Fsp3) is 0.333. The first-order valence-corrected chi connectivity index (χ1v) is 4.95. The molecule has 0 radical (unpaired) electrons. The van der Waals surface area contributed by atoms with Crippen molar-refractivity contribution in [2.45, 2.75) is 13.5 Å². The van der Waals surface area contributed by atoms with E-state index in [0.29, 0.717) is 6.54 Å². The van der Waals surface area contributed by atoms with Crippen LogP contribution in [0.25, 0.3) is 0 Å². The molecule has 14 heavy (non-hydrogen) atoms. The molecule has 2 N–H and O–H groups in total. The van der Waals surface area contributed by atoms with Gasteiger partial charge in [0.15, 0.2) is 0 Å². The zero-order valence-corrected chi connectivity index (χ0v) is 9.32. The molecule has 0 bridgehead atoms. The van der Waals surface area contributed by atoms with Crippen molar-refractivity contribution in [3.05, 3.63) is 33.2 Å². The summed E-state index contributed by atoms with van der Waals surface area (Å²) in [6, 6.07) is 3.10. The predicted molar refractivity (Wildman–Crippen MR) is 56.8 cm³/mol. The van der Waals surface area contributed by atoms with Gasteiger partial charge in [-0.2, -0.15) is 0 Å². The minimum atomic E-state index is -0.406. The maximum absolute atomic E-state index is 11.3. The highest BCUT2D eigenvalue weighted by Crippen LogP contribution is 2.06. The Bertz CT molecular complexity index is 400. The van der Waals surface area contributed by atoms with Crippen LogP contribution in [0.5, 0.6) is 0 Å². The summed E-state index contributed by atoms with van der Waals surface area (Å²) in [5.74, 6) is -0.751. The number of amides is 1. The Morgan fingerprint density at radius 1 is 1.64 bits per heavy atom. The predicted octanol–water partition coefficient (Wildman–Crippen LogP) is 0.732. The molecular formula is C9H11BrN2O2. The Hall–Kier alpha value is -1.10. The van der Waals surface area contributed by atoms with E-state index in [1.54, 1.807) is 19.2 Å². The van der Waals surface area contributed by atoms with E-state index >= 15 is 0 Å². The van der Waals surface area contributed by atoms with Crippen molar-refractivity contribution >= 4 is 21.8 Å². The standard InChI is InChI=1S/C9H11BrN2O2/c1-6(9(11)14)4-12-5-7(10)2-3-8(12)13/h2-3,5-6H,4H2,1H3,(H2,11,14). The lowest BCUT2D eigenvalue weighted by Gasteiger charge is -2.09. The van der Waals surface area contributed by atoms with Crippen LogP contribution >= 0.6 is 15.9 Å². The van der Waals surface area contributed by atoms with Crippen molar-refractivity contribution in [2.24, 2.45) is 11.7 Å². The number of hydrogen-bond acceptors (Lipinski definition) is 2. The average Bonchev–Trinajstić information content (AvgIpc) is 2.11. The topological polar surface area (TPSA) is 65.1 Å². The van der Waals surface area contributed by atoms with Gasteiger partial charge in [-0.15, -0.1) is 0 Å². The van der Waals surface area contributed by atoms with Crippen molar-refractivity contribution in [1.82, 2.24) is 4.57 Å². The van der Waals surface area contributed by atoms with Gasteiger partial charge in [0.1, 0.15) is 0 Å². The number of primary amides is 1. The van der Waals surface area contributed by atoms with Crippen molar-refractivity contribution in [2.75, 3.05) is 0 Å². The molecule has 1 unspecified atom stereocenters. The van der Waals surface area contributed by atoms with Gasteiger partial charge in [-0.05, 0) is 22.0 Å². The third-order valence-corrected chi connectivity index (χ3v) is 2.37. The summed E-state index contributed by atoms with van der Waals surface area (Å²) in [6.45, 7) is 2.00. The van der Waals surface area contributed by atoms with Gasteiger partial charge in [-0.25, -0.2) is 0 Å². The van der Waals surface area contributed by atoms with Crippen molar-refractivity contribution in [1.29, 1.82) is 0 Å². The van der Waals surface area contributed by atoms with Crippen LogP contribution < -0.4 is 11.3 Å². The van der Waals surface area contributed by atoms with Crippen molar-refractivity contribution in [3.63, 3.8) is 0 Å². The summed E-state index contributed by atoms with van der Waals surface area (Å²) in [6.07, 6.45) is 1.64. The fourth-order valence-electron chi connectivity index (χ4n) is 1.03. The first kappa shape index (κ1) is 11.0. The molecule has 1 heterocycles. The third-order valence-electron chi connectivity index (χ3n) is 1.90. The number of aromatic nitrogens is 1. The summed E-state index contributed by atoms with van der Waals surface area (Å²) in [5.41, 5.74) is 4.97. The molecule has 1 amide bonds. The largest absolute Gasteiger partial charge is 0.369 e. The Morgan fingerprint density at radius 3 is 2.86 bits per heavy atom. The first-order valence-electron chi connectivity index (χ1n) is 4.16. The lowest BCUT2D eigenvalue weighted by molar-refractivity contribution is -0.121. The van der Waals surface area contributed by atoms with Gasteiger partial charge in [-0.3, -0.25) is 9.59 Å². The second-order valence-corrected chi connectivity index (χ2v) is 4.06. The Balaban J connectivity index is 2.91. The molecule has 4 nitrogen and oxygen atoms in total. The number of rotatable bonds is 3. The molecular weight excluding hydrogens is 248 g/mol. The van der Waals surface area contributed by atoms with Crippen LogP contribution in [0.15, 0.2) is 27.6 Å². The van der Waals surface area contributed by atoms with Crippen molar-refractivity contribution < 1.29 is 4.79 Å². The lowest BCUT2D eigenvalue weighted by atomic mass is 10.2. The van der Waals surface area contributed by atoms with Crippen LogP contribution in [-0.2, 0) is 11.3 Å². The first-order chi connectivity index (χ1) is 6.50. The van der Waals surface area contributed by atoms with E-state index in [-0.39, 0.29) is 11.5 Å². The molecule has 0 aliphatic heterocycles. The summed E-state index contributed by atoms with van der Waals surface area (Å²) in [4.78, 5) is 22.1. The number of pyridine rings is 1. The zero-order chi connectivity index (χ0) is 10.7. The molecule has 0 aliphatic rings. The van der Waals surface area contributed by atoms with E-state index in [1.807, 2.05) is 0 Å². The van der Waals surface area contributed by atoms with E-state index in [0.717, 1.165) is 4.47 Å². The van der Waals surface area contributed by atoms with Gasteiger partial charge in [0.2, 0.25) is 5.91 Å². The van der Waals surface area contributed by atoms with Gasteiger partial charge in [0.05, 0.1) is 5.92 Å². The smallest absolute Gasteiger partial charge is 0.250 e. The maximum Gasteiger partial charge on any atom is 0.250 e. The number of hydrogen-bond donors (Lipinski definition) is 1. The molecule has 5 heteroatoms. The number of carbonyl (C=O) groups excluding carboxylic acids is 1. The Morgan fingerprint density at radius 2 is 2.29 bits per heavy atom. The average molecular weight is 259 g/mol. The highest BCUT2D eigenvalue weighted by molar-refractivity contribution is 9.10. The van der Waals surface area contributed by atoms with Gasteiger partial charge < -0.3 is 10.3 Å². The molecule has 0 saturated heterocycles. The third kappa shape index (κ3) is 2.70. The normalized spacial score (nSPS) is 12.4. The van der Waals surface area contributed by atoms with Crippen LogP contribution in [0.1, 0.15) is 6.92 Å². The zero-order valence-electron chi connectivity index (χ0n) is 7.74. The molecule has 0 fully saturated rings. The monoisotopic (exact) mass is 258 g/mol. The highest BCUT2D eigenvalue weighted by atomic mass is 79.9. The van der Waals surface area contributed by atoms with Crippen molar-refractivity contribution in [3.8, 4) is 0 Å². The SMILES string of the molecule is CC(Cn1cc(Br)ccc1=O)C(N)=O. The molecule has 0 aromatic carbocycles. The maximum atomic E-state index is 11.3. The second kappa shape index (κ2) is 4.41. The number of nitrogens with two attached hydrogens (primary N) is 1. The van der Waals surface area contributed by atoms with Crippen LogP contribution in [0.2, 0.25) is 0 Å².